The van der Waals surface area contributed by atoms with E-state index in [-0.39, 0.29) is 15.6 Å². The second-order valence-electron chi connectivity index (χ2n) is 4.46. The molecule has 0 aromatic heterocycles. The third-order valence-corrected chi connectivity index (χ3v) is 3.80. The topological polar surface area (TPSA) is 53.8 Å². The van der Waals surface area contributed by atoms with Gasteiger partial charge in [0.15, 0.2) is 5.82 Å². The summed E-state index contributed by atoms with van der Waals surface area (Å²) in [4.78, 5) is 12.1. The molecule has 0 saturated heterocycles. The van der Waals surface area contributed by atoms with E-state index in [1.807, 2.05) is 30.3 Å². The predicted molar refractivity (Wildman–Crippen MR) is 88.3 cm³/mol. The van der Waals surface area contributed by atoms with E-state index >= 15 is 0 Å². The highest BCUT2D eigenvalue weighted by Gasteiger charge is 2.27. The van der Waals surface area contributed by atoms with Crippen molar-refractivity contribution in [3.8, 4) is 0 Å². The average molecular weight is 353 g/mol. The quantitative estimate of drug-likeness (QED) is 0.802. The lowest BCUT2D eigenvalue weighted by Gasteiger charge is -2.10. The van der Waals surface area contributed by atoms with Gasteiger partial charge in [0.2, 0.25) is 0 Å². The predicted octanol–water partition coefficient (Wildman–Crippen LogP) is 5.42. The third kappa shape index (κ3) is 2.86. The van der Waals surface area contributed by atoms with Gasteiger partial charge in [-0.25, -0.2) is 0 Å². The molecule has 0 atom stereocenters. The molecule has 0 bridgehead atoms. The molecule has 1 N–H and O–H groups in total. The minimum atomic E-state index is -0.510. The normalized spacial score (nSPS) is 13.9. The number of hydrogen-bond acceptors (Lipinski definition) is 3. The summed E-state index contributed by atoms with van der Waals surface area (Å²) in [5.41, 5.74) is 1.35. The first kappa shape index (κ1) is 15.0. The Kier molecular flexibility index (Phi) is 4.16. The van der Waals surface area contributed by atoms with Crippen molar-refractivity contribution in [3.05, 3.63) is 68.9 Å². The Balaban J connectivity index is 2.10. The number of benzene rings is 2. The van der Waals surface area contributed by atoms with Gasteiger partial charge in [-0.05, 0) is 24.3 Å². The molecule has 0 saturated carbocycles. The molecule has 3 rings (SSSR count). The number of azo groups is 1. The second-order valence-corrected chi connectivity index (χ2v) is 5.72. The van der Waals surface area contributed by atoms with Crippen LogP contribution in [0.3, 0.4) is 0 Å². The van der Waals surface area contributed by atoms with Crippen molar-refractivity contribution >= 4 is 52.0 Å². The van der Waals surface area contributed by atoms with Crippen molar-refractivity contribution in [3.63, 3.8) is 0 Å². The fourth-order valence-corrected chi connectivity index (χ4v) is 3.05. The van der Waals surface area contributed by atoms with Gasteiger partial charge in [-0.1, -0.05) is 53.0 Å². The van der Waals surface area contributed by atoms with Crippen LogP contribution in [0.5, 0.6) is 0 Å². The maximum Gasteiger partial charge on any atom is 0.300 e. The van der Waals surface area contributed by atoms with Crippen molar-refractivity contribution in [1.29, 1.82) is 0 Å². The van der Waals surface area contributed by atoms with Crippen molar-refractivity contribution in [2.24, 2.45) is 10.2 Å². The highest BCUT2D eigenvalue weighted by Crippen LogP contribution is 2.38. The van der Waals surface area contributed by atoms with Crippen LogP contribution in [0.2, 0.25) is 15.1 Å². The van der Waals surface area contributed by atoms with Crippen molar-refractivity contribution in [1.82, 2.24) is 0 Å². The smallest absolute Gasteiger partial charge is 0.300 e. The molecule has 2 aromatic carbocycles. The Bertz CT molecular complexity index is 793. The van der Waals surface area contributed by atoms with Gasteiger partial charge < -0.3 is 5.32 Å². The molecule has 2 aromatic rings. The number of rotatable bonds is 3. The fourth-order valence-electron chi connectivity index (χ4n) is 2.05. The summed E-state index contributed by atoms with van der Waals surface area (Å²) in [7, 11) is 0. The van der Waals surface area contributed by atoms with Gasteiger partial charge in [0.05, 0.1) is 15.6 Å². The van der Waals surface area contributed by atoms with Gasteiger partial charge in [0.25, 0.3) is 5.91 Å². The summed E-state index contributed by atoms with van der Waals surface area (Å²) in [6.45, 7) is 0. The van der Waals surface area contributed by atoms with E-state index in [0.717, 1.165) is 5.69 Å². The van der Waals surface area contributed by atoms with E-state index in [1.165, 1.54) is 12.1 Å². The zero-order valence-electron chi connectivity index (χ0n) is 11.0. The van der Waals surface area contributed by atoms with E-state index < -0.39 is 5.91 Å². The molecular weight excluding hydrogens is 345 g/mol. The number of hydrogen-bond donors (Lipinski definition) is 1. The van der Waals surface area contributed by atoms with Crippen LogP contribution in [0, 0.1) is 0 Å². The monoisotopic (exact) mass is 351 g/mol. The maximum absolute atomic E-state index is 12.1. The molecule has 0 spiro atoms. The lowest BCUT2D eigenvalue weighted by Crippen LogP contribution is -2.03. The first-order valence-electron chi connectivity index (χ1n) is 6.23. The minimum Gasteiger partial charge on any atom is -0.338 e. The Morgan fingerprint density at radius 1 is 0.909 bits per heavy atom. The van der Waals surface area contributed by atoms with E-state index in [9.17, 15) is 4.79 Å². The lowest BCUT2D eigenvalue weighted by molar-refractivity contribution is -0.112. The Morgan fingerprint density at radius 3 is 2.18 bits per heavy atom. The second kappa shape index (κ2) is 6.08. The van der Waals surface area contributed by atoms with Gasteiger partial charge in [-0.3, -0.25) is 4.79 Å². The lowest BCUT2D eigenvalue weighted by atomic mass is 10.1. The van der Waals surface area contributed by atoms with E-state index in [2.05, 4.69) is 15.5 Å². The standard InChI is InChI=1S/C15H8Cl3N3O/c16-8-6-10(17)12(11(18)7-8)13-14(20-21-15(13)22)19-9-4-2-1-3-5-9/h1-7,19H. The third-order valence-electron chi connectivity index (χ3n) is 2.98. The zero-order valence-corrected chi connectivity index (χ0v) is 13.2. The summed E-state index contributed by atoms with van der Waals surface area (Å²) in [6.07, 6.45) is 0. The summed E-state index contributed by atoms with van der Waals surface area (Å²) in [5.74, 6) is -0.216. The Labute approximate surface area is 141 Å². The molecule has 1 aliphatic heterocycles. The van der Waals surface area contributed by atoms with Crippen molar-refractivity contribution < 1.29 is 4.79 Å². The number of para-hydroxylation sites is 1. The number of carbonyl (C=O) groups is 1. The van der Waals surface area contributed by atoms with E-state index in [4.69, 9.17) is 34.8 Å². The molecule has 0 aliphatic carbocycles. The average Bonchev–Trinajstić information content (AvgIpc) is 2.81. The van der Waals surface area contributed by atoms with Gasteiger partial charge >= 0.3 is 0 Å². The summed E-state index contributed by atoms with van der Waals surface area (Å²) in [6, 6.07) is 12.3. The highest BCUT2D eigenvalue weighted by molar-refractivity contribution is 6.43. The Morgan fingerprint density at radius 2 is 1.55 bits per heavy atom. The van der Waals surface area contributed by atoms with Crippen LogP contribution in [0.4, 0.5) is 5.69 Å². The van der Waals surface area contributed by atoms with Crippen molar-refractivity contribution in [2.75, 3.05) is 5.32 Å². The number of anilines is 1. The summed E-state index contributed by atoms with van der Waals surface area (Å²) >= 11 is 18.3. The zero-order chi connectivity index (χ0) is 15.7. The summed E-state index contributed by atoms with van der Waals surface area (Å²) < 4.78 is 0. The first-order valence-corrected chi connectivity index (χ1v) is 7.37. The first-order chi connectivity index (χ1) is 10.6. The van der Waals surface area contributed by atoms with E-state index in [0.29, 0.717) is 16.4 Å². The molecule has 4 nitrogen and oxygen atoms in total. The number of carbonyl (C=O) groups excluding carboxylic acids is 1. The highest BCUT2D eigenvalue weighted by atomic mass is 35.5. The van der Waals surface area contributed by atoms with Gasteiger partial charge in [-0.2, -0.15) is 0 Å². The summed E-state index contributed by atoms with van der Waals surface area (Å²) in [5, 5.41) is 11.4. The largest absolute Gasteiger partial charge is 0.338 e. The van der Waals surface area contributed by atoms with Gasteiger partial charge in [0, 0.05) is 16.3 Å². The van der Waals surface area contributed by atoms with Crippen LogP contribution in [-0.4, -0.2) is 5.91 Å². The number of amides is 1. The molecule has 1 aliphatic rings. The number of halogens is 3. The molecular formula is C15H8Cl3N3O. The van der Waals surface area contributed by atoms with Crippen LogP contribution in [0.1, 0.15) is 5.56 Å². The van der Waals surface area contributed by atoms with Gasteiger partial charge in [0.1, 0.15) is 0 Å². The molecule has 110 valence electrons. The van der Waals surface area contributed by atoms with Crippen LogP contribution in [0.25, 0.3) is 5.57 Å². The molecule has 0 radical (unpaired) electrons. The SMILES string of the molecule is O=C1N=NC(Nc2ccccc2)=C1c1c(Cl)cc(Cl)cc1Cl. The van der Waals surface area contributed by atoms with Crippen LogP contribution in [-0.2, 0) is 4.79 Å². The number of nitrogens with one attached hydrogen (secondary N) is 1. The van der Waals surface area contributed by atoms with Crippen LogP contribution >= 0.6 is 34.8 Å². The maximum atomic E-state index is 12.1. The van der Waals surface area contributed by atoms with Gasteiger partial charge in [-0.15, -0.1) is 10.2 Å². The molecule has 0 fully saturated rings. The molecule has 1 amide bonds. The molecule has 0 unspecified atom stereocenters. The number of nitrogens with zero attached hydrogens (tertiary/aromatic N) is 2. The van der Waals surface area contributed by atoms with Crippen LogP contribution < -0.4 is 5.32 Å². The molecule has 1 heterocycles. The van der Waals surface area contributed by atoms with Crippen molar-refractivity contribution in [2.45, 2.75) is 0 Å². The molecule has 7 heteroatoms. The minimum absolute atomic E-state index is 0.218. The van der Waals surface area contributed by atoms with E-state index in [1.54, 1.807) is 0 Å². The fraction of sp³-hybridized carbons (Fsp3) is 0. The van der Waals surface area contributed by atoms with Crippen LogP contribution in [0.15, 0.2) is 58.5 Å². The molecule has 22 heavy (non-hydrogen) atoms. The Hall–Kier alpha value is -1.88.